The monoisotopic (exact) mass is 238 g/mol. The van der Waals surface area contributed by atoms with Crippen molar-refractivity contribution in [1.82, 2.24) is 14.4 Å². The lowest BCUT2D eigenvalue weighted by molar-refractivity contribution is 1.05. The van der Waals surface area contributed by atoms with Crippen LogP contribution in [0.3, 0.4) is 0 Å². The smallest absolute Gasteiger partial charge is 0.137 e. The molecule has 0 bridgehead atoms. The minimum Gasteiger partial charge on any atom is -0.364 e. The van der Waals surface area contributed by atoms with Crippen molar-refractivity contribution in [2.75, 3.05) is 5.32 Å². The zero-order chi connectivity index (χ0) is 12.4. The topological polar surface area (TPSA) is 42.2 Å². The fraction of sp³-hybridized carbons (Fsp3) is 0.143. The first-order valence-electron chi connectivity index (χ1n) is 5.91. The summed E-state index contributed by atoms with van der Waals surface area (Å²) in [5.41, 5.74) is 3.17. The summed E-state index contributed by atoms with van der Waals surface area (Å²) in [7, 11) is 0. The number of aryl methyl sites for hydroxylation is 1. The molecule has 0 aliphatic heterocycles. The van der Waals surface area contributed by atoms with Crippen molar-refractivity contribution in [3.05, 3.63) is 60.2 Å². The van der Waals surface area contributed by atoms with Crippen molar-refractivity contribution in [2.45, 2.75) is 13.5 Å². The molecular weight excluding hydrogens is 224 g/mol. The molecule has 0 atom stereocenters. The van der Waals surface area contributed by atoms with Crippen molar-refractivity contribution in [1.29, 1.82) is 0 Å². The lowest BCUT2D eigenvalue weighted by Crippen LogP contribution is -2.00. The van der Waals surface area contributed by atoms with Crippen LogP contribution in [0.4, 0.5) is 5.82 Å². The predicted octanol–water partition coefficient (Wildman–Crippen LogP) is 2.65. The first-order chi connectivity index (χ1) is 8.83. The summed E-state index contributed by atoms with van der Waals surface area (Å²) in [6.07, 6.45) is 3.83. The number of pyridine rings is 2. The number of hydrogen-bond donors (Lipinski definition) is 1. The minimum absolute atomic E-state index is 0.679. The van der Waals surface area contributed by atoms with E-state index in [4.69, 9.17) is 0 Å². The summed E-state index contributed by atoms with van der Waals surface area (Å²) >= 11 is 0. The van der Waals surface area contributed by atoms with Gasteiger partial charge in [0.2, 0.25) is 0 Å². The van der Waals surface area contributed by atoms with Crippen LogP contribution in [0, 0.1) is 6.92 Å². The minimum atomic E-state index is 0.679. The van der Waals surface area contributed by atoms with Crippen LogP contribution in [0.15, 0.2) is 48.8 Å². The van der Waals surface area contributed by atoms with Crippen LogP contribution >= 0.6 is 0 Å². The third kappa shape index (κ3) is 2.05. The molecule has 90 valence electrons. The molecule has 0 amide bonds. The van der Waals surface area contributed by atoms with Crippen LogP contribution in [-0.4, -0.2) is 14.4 Å². The highest BCUT2D eigenvalue weighted by Gasteiger charge is 2.02. The molecule has 3 aromatic rings. The molecular formula is C14H14N4. The molecule has 1 N–H and O–H groups in total. The highest BCUT2D eigenvalue weighted by molar-refractivity contribution is 5.42. The molecule has 0 fully saturated rings. The molecule has 0 saturated heterocycles. The van der Waals surface area contributed by atoms with E-state index in [1.807, 2.05) is 30.3 Å². The largest absolute Gasteiger partial charge is 0.364 e. The Kier molecular flexibility index (Phi) is 2.68. The summed E-state index contributed by atoms with van der Waals surface area (Å²) in [6, 6.07) is 11.9. The summed E-state index contributed by atoms with van der Waals surface area (Å²) in [5.74, 6) is 0.867. The van der Waals surface area contributed by atoms with Gasteiger partial charge in [0.15, 0.2) is 0 Å². The Labute approximate surface area is 105 Å². The maximum Gasteiger partial charge on any atom is 0.137 e. The molecule has 0 unspecified atom stereocenters. The average Bonchev–Trinajstić information content (AvgIpc) is 2.82. The van der Waals surface area contributed by atoms with Crippen LogP contribution in [-0.2, 0) is 6.54 Å². The number of imidazole rings is 1. The molecule has 3 rings (SSSR count). The zero-order valence-corrected chi connectivity index (χ0v) is 10.2. The molecule has 0 radical (unpaired) electrons. The Morgan fingerprint density at radius 3 is 2.89 bits per heavy atom. The maximum atomic E-state index is 4.56. The molecule has 0 aliphatic carbocycles. The lowest BCUT2D eigenvalue weighted by Gasteiger charge is -2.01. The SMILES string of the molecule is Cc1cccc2nc(CNc3ccccn3)cn12. The van der Waals surface area contributed by atoms with Gasteiger partial charge >= 0.3 is 0 Å². The number of nitrogens with zero attached hydrogens (tertiary/aromatic N) is 3. The van der Waals surface area contributed by atoms with Crippen molar-refractivity contribution in [3.63, 3.8) is 0 Å². The van der Waals surface area contributed by atoms with Gasteiger partial charge in [0.1, 0.15) is 11.5 Å². The number of aromatic nitrogens is 3. The van der Waals surface area contributed by atoms with Gasteiger partial charge in [-0.25, -0.2) is 9.97 Å². The molecule has 0 aromatic carbocycles. The maximum absolute atomic E-state index is 4.56. The summed E-state index contributed by atoms with van der Waals surface area (Å²) in [5, 5.41) is 3.25. The van der Waals surface area contributed by atoms with Gasteiger partial charge in [-0.05, 0) is 31.2 Å². The van der Waals surface area contributed by atoms with Crippen LogP contribution in [0.5, 0.6) is 0 Å². The zero-order valence-electron chi connectivity index (χ0n) is 10.2. The van der Waals surface area contributed by atoms with Gasteiger partial charge in [-0.2, -0.15) is 0 Å². The molecule has 18 heavy (non-hydrogen) atoms. The van der Waals surface area contributed by atoms with Crippen LogP contribution < -0.4 is 5.32 Å². The van der Waals surface area contributed by atoms with E-state index in [-0.39, 0.29) is 0 Å². The third-order valence-electron chi connectivity index (χ3n) is 2.86. The van der Waals surface area contributed by atoms with Crippen molar-refractivity contribution >= 4 is 11.5 Å². The second-order valence-electron chi connectivity index (χ2n) is 4.20. The van der Waals surface area contributed by atoms with Crippen LogP contribution in [0.25, 0.3) is 5.65 Å². The van der Waals surface area contributed by atoms with Gasteiger partial charge in [0.25, 0.3) is 0 Å². The Morgan fingerprint density at radius 2 is 2.11 bits per heavy atom. The highest BCUT2D eigenvalue weighted by atomic mass is 15.0. The summed E-state index contributed by atoms with van der Waals surface area (Å²) in [6.45, 7) is 2.75. The second-order valence-corrected chi connectivity index (χ2v) is 4.20. The van der Waals surface area contributed by atoms with Crippen molar-refractivity contribution in [2.24, 2.45) is 0 Å². The van der Waals surface area contributed by atoms with E-state index in [0.29, 0.717) is 6.54 Å². The number of nitrogens with one attached hydrogen (secondary N) is 1. The number of rotatable bonds is 3. The molecule has 4 heteroatoms. The average molecular weight is 238 g/mol. The fourth-order valence-corrected chi connectivity index (χ4v) is 1.93. The second kappa shape index (κ2) is 4.49. The van der Waals surface area contributed by atoms with E-state index in [1.165, 1.54) is 5.69 Å². The van der Waals surface area contributed by atoms with Gasteiger partial charge in [-0.15, -0.1) is 0 Å². The van der Waals surface area contributed by atoms with Gasteiger partial charge in [-0.3, -0.25) is 0 Å². The Morgan fingerprint density at radius 1 is 1.17 bits per heavy atom. The highest BCUT2D eigenvalue weighted by Crippen LogP contribution is 2.10. The molecule has 3 aromatic heterocycles. The van der Waals surface area contributed by atoms with E-state index in [1.54, 1.807) is 6.20 Å². The standard InChI is InChI=1S/C14H14N4/c1-11-5-4-7-14-17-12(10-18(11)14)9-16-13-6-2-3-8-15-13/h2-8,10H,9H2,1H3,(H,15,16). The number of fused-ring (bicyclic) bond motifs is 1. The Hall–Kier alpha value is -2.36. The normalized spacial score (nSPS) is 10.7. The quantitative estimate of drug-likeness (QED) is 0.762. The van der Waals surface area contributed by atoms with Crippen LogP contribution in [0.2, 0.25) is 0 Å². The van der Waals surface area contributed by atoms with Crippen molar-refractivity contribution in [3.8, 4) is 0 Å². The van der Waals surface area contributed by atoms with Crippen LogP contribution in [0.1, 0.15) is 11.4 Å². The molecule has 3 heterocycles. The summed E-state index contributed by atoms with van der Waals surface area (Å²) in [4.78, 5) is 8.78. The lowest BCUT2D eigenvalue weighted by atomic mass is 10.4. The van der Waals surface area contributed by atoms with Gasteiger partial charge in [0, 0.05) is 18.1 Å². The van der Waals surface area contributed by atoms with E-state index >= 15 is 0 Å². The summed E-state index contributed by atoms with van der Waals surface area (Å²) < 4.78 is 2.09. The first kappa shape index (κ1) is 10.8. The fourth-order valence-electron chi connectivity index (χ4n) is 1.93. The predicted molar refractivity (Wildman–Crippen MR) is 71.5 cm³/mol. The number of anilines is 1. The van der Waals surface area contributed by atoms with E-state index in [9.17, 15) is 0 Å². The van der Waals surface area contributed by atoms with Crippen molar-refractivity contribution < 1.29 is 0 Å². The molecule has 4 nitrogen and oxygen atoms in total. The van der Waals surface area contributed by atoms with E-state index in [2.05, 4.69) is 38.9 Å². The van der Waals surface area contributed by atoms with Gasteiger partial charge in [0.05, 0.1) is 12.2 Å². The molecule has 0 aliphatic rings. The Balaban J connectivity index is 1.81. The Bertz CT molecular complexity index is 658. The first-order valence-corrected chi connectivity index (χ1v) is 5.91. The van der Waals surface area contributed by atoms with Gasteiger partial charge < -0.3 is 9.72 Å². The molecule has 0 spiro atoms. The van der Waals surface area contributed by atoms with E-state index < -0.39 is 0 Å². The third-order valence-corrected chi connectivity index (χ3v) is 2.86. The van der Waals surface area contributed by atoms with Gasteiger partial charge in [-0.1, -0.05) is 12.1 Å². The molecule has 0 saturated carbocycles. The number of hydrogen-bond acceptors (Lipinski definition) is 3. The van der Waals surface area contributed by atoms with E-state index in [0.717, 1.165) is 17.2 Å².